The molecule has 1 aliphatic heterocycles. The molecule has 2 aromatic rings. The van der Waals surface area contributed by atoms with Crippen molar-refractivity contribution in [2.24, 2.45) is 0 Å². The van der Waals surface area contributed by atoms with E-state index in [1.54, 1.807) is 31.2 Å². The van der Waals surface area contributed by atoms with Crippen molar-refractivity contribution in [2.75, 3.05) is 23.0 Å². The molecule has 0 fully saturated rings. The molecular formula is C21H22N2O6S2. The Labute approximate surface area is 184 Å². The van der Waals surface area contributed by atoms with Gasteiger partial charge in [0.1, 0.15) is 0 Å². The number of nitrogens with one attached hydrogen (secondary N) is 2. The van der Waals surface area contributed by atoms with E-state index in [9.17, 15) is 22.8 Å². The molecule has 2 N–H and O–H groups in total. The molecule has 10 heteroatoms. The van der Waals surface area contributed by atoms with Gasteiger partial charge >= 0.3 is 5.97 Å². The molecule has 1 aliphatic rings. The highest BCUT2D eigenvalue weighted by atomic mass is 32.2. The van der Waals surface area contributed by atoms with Crippen LogP contribution < -0.4 is 10.6 Å². The topological polar surface area (TPSA) is 119 Å². The molecule has 1 heterocycles. The van der Waals surface area contributed by atoms with E-state index in [4.69, 9.17) is 4.74 Å². The highest BCUT2D eigenvalue weighted by Gasteiger charge is 2.27. The Kier molecular flexibility index (Phi) is 7.01. The fraction of sp³-hybridized carbons (Fsp3) is 0.286. The number of hydrogen-bond donors (Lipinski definition) is 2. The van der Waals surface area contributed by atoms with Crippen LogP contribution in [-0.2, 0) is 24.2 Å². The average Bonchev–Trinajstić information content (AvgIpc) is 2.73. The van der Waals surface area contributed by atoms with Crippen LogP contribution in [0.5, 0.6) is 0 Å². The Bertz CT molecular complexity index is 1130. The van der Waals surface area contributed by atoms with Crippen LogP contribution in [0.3, 0.4) is 0 Å². The molecule has 3 rings (SSSR count). The number of hydrogen-bond acceptors (Lipinski definition) is 7. The zero-order valence-electron chi connectivity index (χ0n) is 17.0. The predicted molar refractivity (Wildman–Crippen MR) is 118 cm³/mol. The summed E-state index contributed by atoms with van der Waals surface area (Å²) in [6.45, 7) is 3.38. The maximum atomic E-state index is 12.9. The van der Waals surface area contributed by atoms with E-state index >= 15 is 0 Å². The molecule has 0 aromatic heterocycles. The predicted octanol–water partition coefficient (Wildman–Crippen LogP) is 3.10. The largest absolute Gasteiger partial charge is 0.462 e. The Hall–Kier alpha value is -2.85. The van der Waals surface area contributed by atoms with Crippen LogP contribution in [0.25, 0.3) is 0 Å². The molecule has 0 unspecified atom stereocenters. The van der Waals surface area contributed by atoms with E-state index in [-0.39, 0.29) is 35.1 Å². The lowest BCUT2D eigenvalue weighted by Gasteiger charge is -2.18. The van der Waals surface area contributed by atoms with Crippen molar-refractivity contribution in [3.63, 3.8) is 0 Å². The van der Waals surface area contributed by atoms with Gasteiger partial charge in [0.05, 0.1) is 33.8 Å². The van der Waals surface area contributed by atoms with Gasteiger partial charge in [-0.05, 0) is 50.2 Å². The van der Waals surface area contributed by atoms with Gasteiger partial charge < -0.3 is 15.4 Å². The molecule has 0 spiro atoms. The van der Waals surface area contributed by atoms with Gasteiger partial charge in [-0.25, -0.2) is 13.2 Å². The first kappa shape index (κ1) is 22.8. The number of carbonyl (C=O) groups excluding carboxylic acids is 3. The van der Waals surface area contributed by atoms with Crippen LogP contribution in [0.1, 0.15) is 30.6 Å². The molecule has 164 valence electrons. The van der Waals surface area contributed by atoms with Crippen LogP contribution in [-0.4, -0.2) is 43.8 Å². The zero-order chi connectivity index (χ0) is 22.6. The number of benzene rings is 2. The molecule has 8 nitrogen and oxygen atoms in total. The standard InChI is InChI=1S/C21H22N2O6S2/c1-3-29-21(26)14-5-4-6-15(10-14)22-19(24)9-13(2)31(27,28)16-7-8-18-17(11-16)23-20(25)12-30-18/h4-8,10-11,13H,3,9,12H2,1-2H3,(H,22,24)(H,23,25)/t13-/m0/s1. The van der Waals surface area contributed by atoms with Crippen molar-refractivity contribution < 1.29 is 27.5 Å². The SMILES string of the molecule is CCOC(=O)c1cccc(NC(=O)C[C@H](C)S(=O)(=O)c2ccc3c(c2)NC(=O)CS3)c1. The molecule has 0 radical (unpaired) electrons. The van der Waals surface area contributed by atoms with Gasteiger partial charge in [0.2, 0.25) is 11.8 Å². The van der Waals surface area contributed by atoms with Gasteiger partial charge in [0.15, 0.2) is 9.84 Å². The summed E-state index contributed by atoms with van der Waals surface area (Å²) in [5.74, 6) is -0.914. The molecule has 31 heavy (non-hydrogen) atoms. The van der Waals surface area contributed by atoms with Crippen molar-refractivity contribution in [3.05, 3.63) is 48.0 Å². The number of amides is 2. The molecule has 0 aliphatic carbocycles. The number of esters is 1. The maximum Gasteiger partial charge on any atom is 0.338 e. The Morgan fingerprint density at radius 2 is 2.00 bits per heavy atom. The average molecular weight is 463 g/mol. The lowest BCUT2D eigenvalue weighted by molar-refractivity contribution is -0.116. The van der Waals surface area contributed by atoms with E-state index < -0.39 is 27.0 Å². The molecule has 2 aromatic carbocycles. The van der Waals surface area contributed by atoms with Gasteiger partial charge in [-0.15, -0.1) is 11.8 Å². The van der Waals surface area contributed by atoms with Gasteiger partial charge in [0.25, 0.3) is 0 Å². The van der Waals surface area contributed by atoms with E-state index in [1.165, 1.54) is 36.9 Å². The monoisotopic (exact) mass is 462 g/mol. The minimum atomic E-state index is -3.80. The van der Waals surface area contributed by atoms with Crippen molar-refractivity contribution in [1.82, 2.24) is 0 Å². The normalized spacial score (nSPS) is 14.2. The molecule has 0 bridgehead atoms. The highest BCUT2D eigenvalue weighted by molar-refractivity contribution is 8.00. The van der Waals surface area contributed by atoms with Crippen LogP contribution >= 0.6 is 11.8 Å². The lowest BCUT2D eigenvalue weighted by Crippen LogP contribution is -2.25. The fourth-order valence-electron chi connectivity index (χ4n) is 2.99. The number of carbonyl (C=O) groups is 3. The number of anilines is 2. The van der Waals surface area contributed by atoms with Crippen molar-refractivity contribution in [2.45, 2.75) is 35.3 Å². The molecule has 1 atom stereocenters. The second kappa shape index (κ2) is 9.52. The third kappa shape index (κ3) is 5.45. The fourth-order valence-corrected chi connectivity index (χ4v) is 5.16. The molecular weight excluding hydrogens is 440 g/mol. The Morgan fingerprint density at radius 3 is 2.74 bits per heavy atom. The Balaban J connectivity index is 1.69. The first-order valence-corrected chi connectivity index (χ1v) is 12.1. The van der Waals surface area contributed by atoms with E-state index in [2.05, 4.69) is 10.6 Å². The summed E-state index contributed by atoms with van der Waals surface area (Å²) in [6, 6.07) is 10.8. The quantitative estimate of drug-likeness (QED) is 0.607. The highest BCUT2D eigenvalue weighted by Crippen LogP contribution is 2.34. The van der Waals surface area contributed by atoms with E-state index in [0.717, 1.165) is 4.90 Å². The summed E-state index contributed by atoms with van der Waals surface area (Å²) in [4.78, 5) is 36.7. The summed E-state index contributed by atoms with van der Waals surface area (Å²) >= 11 is 1.34. The molecule has 0 saturated heterocycles. The smallest absolute Gasteiger partial charge is 0.338 e. The zero-order valence-corrected chi connectivity index (χ0v) is 18.6. The number of rotatable bonds is 7. The summed E-state index contributed by atoms with van der Waals surface area (Å²) in [6.07, 6.45) is -0.274. The lowest BCUT2D eigenvalue weighted by atomic mass is 10.2. The Morgan fingerprint density at radius 1 is 1.23 bits per heavy atom. The minimum absolute atomic E-state index is 0.0404. The van der Waals surface area contributed by atoms with E-state index in [0.29, 0.717) is 11.4 Å². The van der Waals surface area contributed by atoms with Crippen molar-refractivity contribution in [3.8, 4) is 0 Å². The first-order chi connectivity index (χ1) is 14.7. The van der Waals surface area contributed by atoms with Crippen LogP contribution in [0.15, 0.2) is 52.3 Å². The van der Waals surface area contributed by atoms with Crippen molar-refractivity contribution in [1.29, 1.82) is 0 Å². The number of fused-ring (bicyclic) bond motifs is 1. The summed E-state index contributed by atoms with van der Waals surface area (Å²) in [5, 5.41) is 4.29. The van der Waals surface area contributed by atoms with E-state index in [1.807, 2.05) is 0 Å². The first-order valence-electron chi connectivity index (χ1n) is 9.58. The van der Waals surface area contributed by atoms with Crippen molar-refractivity contribution >= 4 is 50.8 Å². The summed E-state index contributed by atoms with van der Waals surface area (Å²) in [5.41, 5.74) is 1.11. The van der Waals surface area contributed by atoms with Crippen LogP contribution in [0, 0.1) is 0 Å². The number of ether oxygens (including phenoxy) is 1. The van der Waals surface area contributed by atoms with Gasteiger partial charge in [-0.1, -0.05) is 6.07 Å². The number of sulfone groups is 1. The number of thioether (sulfide) groups is 1. The van der Waals surface area contributed by atoms with Gasteiger partial charge in [0, 0.05) is 17.0 Å². The summed E-state index contributed by atoms with van der Waals surface area (Å²) < 4.78 is 30.8. The molecule has 2 amide bonds. The molecule has 0 saturated carbocycles. The third-order valence-corrected chi connectivity index (χ3v) is 7.78. The summed E-state index contributed by atoms with van der Waals surface area (Å²) in [7, 11) is -3.80. The second-order valence-corrected chi connectivity index (χ2v) is 10.3. The van der Waals surface area contributed by atoms with Crippen LogP contribution in [0.4, 0.5) is 11.4 Å². The van der Waals surface area contributed by atoms with Crippen LogP contribution in [0.2, 0.25) is 0 Å². The third-order valence-electron chi connectivity index (χ3n) is 4.57. The van der Waals surface area contributed by atoms with Gasteiger partial charge in [-0.2, -0.15) is 0 Å². The minimum Gasteiger partial charge on any atom is -0.462 e. The van der Waals surface area contributed by atoms with Gasteiger partial charge in [-0.3, -0.25) is 9.59 Å². The maximum absolute atomic E-state index is 12.9. The second-order valence-electron chi connectivity index (χ2n) is 6.90.